The Morgan fingerprint density at radius 1 is 1.60 bits per heavy atom. The molecule has 1 unspecified atom stereocenters. The van der Waals surface area contributed by atoms with Crippen LogP contribution in [0.1, 0.15) is 32.5 Å². The molecule has 0 radical (unpaired) electrons. The molecule has 1 rings (SSSR count). The minimum absolute atomic E-state index is 0.372. The molecule has 1 N–H and O–H groups in total. The lowest BCUT2D eigenvalue weighted by molar-refractivity contribution is 0.480. The molecule has 15 heavy (non-hydrogen) atoms. The Balaban J connectivity index is 2.45. The van der Waals surface area contributed by atoms with Gasteiger partial charge in [-0.2, -0.15) is 5.10 Å². The molecular weight excluding hydrogens is 188 g/mol. The topological polar surface area (TPSA) is 42.7 Å². The van der Waals surface area contributed by atoms with Gasteiger partial charge in [0.05, 0.1) is 6.54 Å². The number of nitrogens with zero attached hydrogens (tertiary/aromatic N) is 3. The van der Waals surface area contributed by atoms with E-state index in [1.165, 1.54) is 0 Å². The van der Waals surface area contributed by atoms with Crippen molar-refractivity contribution in [3.63, 3.8) is 0 Å². The first kappa shape index (κ1) is 11.7. The third-order valence-electron chi connectivity index (χ3n) is 2.40. The first-order valence-electron chi connectivity index (χ1n) is 5.35. The second-order valence-corrected chi connectivity index (χ2v) is 3.39. The lowest BCUT2D eigenvalue weighted by Gasteiger charge is -2.13. The number of hydrogen-bond donors (Lipinski definition) is 1. The van der Waals surface area contributed by atoms with Crippen molar-refractivity contribution in [2.45, 2.75) is 45.8 Å². The second kappa shape index (κ2) is 6.20. The SMILES string of the molecule is C#CCC(CC)NCc1ncnn1CC. The molecule has 82 valence electrons. The Morgan fingerprint density at radius 3 is 3.00 bits per heavy atom. The number of aryl methyl sites for hydroxylation is 1. The Labute approximate surface area is 91.1 Å². The summed E-state index contributed by atoms with van der Waals surface area (Å²) in [6.45, 7) is 5.76. The summed E-state index contributed by atoms with van der Waals surface area (Å²) < 4.78 is 1.88. The lowest BCUT2D eigenvalue weighted by Crippen LogP contribution is -2.28. The predicted molar refractivity (Wildman–Crippen MR) is 60.1 cm³/mol. The molecule has 0 fully saturated rings. The monoisotopic (exact) mass is 206 g/mol. The molecule has 0 aliphatic rings. The first-order chi connectivity index (χ1) is 7.31. The Morgan fingerprint density at radius 2 is 2.40 bits per heavy atom. The van der Waals surface area contributed by atoms with E-state index in [0.717, 1.165) is 31.8 Å². The predicted octanol–water partition coefficient (Wildman–Crippen LogP) is 1.19. The van der Waals surface area contributed by atoms with Gasteiger partial charge >= 0.3 is 0 Å². The van der Waals surface area contributed by atoms with Crippen LogP contribution in [0.25, 0.3) is 0 Å². The summed E-state index contributed by atoms with van der Waals surface area (Å²) in [6, 6.07) is 0.372. The molecule has 0 aromatic carbocycles. The van der Waals surface area contributed by atoms with Crippen LogP contribution in [0.5, 0.6) is 0 Å². The molecule has 0 bridgehead atoms. The van der Waals surface area contributed by atoms with E-state index in [4.69, 9.17) is 6.42 Å². The maximum absolute atomic E-state index is 5.29. The standard InChI is InChI=1S/C11H18N4/c1-4-7-10(5-2)12-8-11-13-9-14-15(11)6-3/h1,9-10,12H,5-8H2,2-3H3. The minimum atomic E-state index is 0.372. The van der Waals surface area contributed by atoms with Gasteiger partial charge in [0.1, 0.15) is 12.2 Å². The number of hydrogen-bond acceptors (Lipinski definition) is 3. The maximum Gasteiger partial charge on any atom is 0.140 e. The molecule has 0 spiro atoms. The average Bonchev–Trinajstić information content (AvgIpc) is 2.71. The van der Waals surface area contributed by atoms with Crippen LogP contribution in [0.4, 0.5) is 0 Å². The summed E-state index contributed by atoms with van der Waals surface area (Å²) >= 11 is 0. The van der Waals surface area contributed by atoms with Crippen molar-refractivity contribution < 1.29 is 0 Å². The van der Waals surface area contributed by atoms with E-state index < -0.39 is 0 Å². The van der Waals surface area contributed by atoms with Gasteiger partial charge in [-0.15, -0.1) is 12.3 Å². The zero-order chi connectivity index (χ0) is 11.1. The minimum Gasteiger partial charge on any atom is -0.306 e. The molecule has 0 aliphatic carbocycles. The van der Waals surface area contributed by atoms with Crippen molar-refractivity contribution in [1.29, 1.82) is 0 Å². The fraction of sp³-hybridized carbons (Fsp3) is 0.636. The number of rotatable bonds is 6. The van der Waals surface area contributed by atoms with Crippen LogP contribution in [0.3, 0.4) is 0 Å². The van der Waals surface area contributed by atoms with E-state index in [2.05, 4.69) is 35.2 Å². The van der Waals surface area contributed by atoms with Crippen LogP contribution in [0.15, 0.2) is 6.33 Å². The quantitative estimate of drug-likeness (QED) is 0.711. The van der Waals surface area contributed by atoms with E-state index in [-0.39, 0.29) is 0 Å². The summed E-state index contributed by atoms with van der Waals surface area (Å²) in [5.74, 6) is 3.64. The van der Waals surface area contributed by atoms with E-state index in [1.807, 2.05) is 4.68 Å². The van der Waals surface area contributed by atoms with E-state index in [1.54, 1.807) is 6.33 Å². The summed E-state index contributed by atoms with van der Waals surface area (Å²) in [5, 5.41) is 7.49. The molecule has 1 aromatic heterocycles. The van der Waals surface area contributed by atoms with Gasteiger partial charge < -0.3 is 5.32 Å². The van der Waals surface area contributed by atoms with E-state index in [9.17, 15) is 0 Å². The molecule has 1 heterocycles. The smallest absolute Gasteiger partial charge is 0.140 e. The molecule has 0 saturated heterocycles. The molecule has 0 aliphatic heterocycles. The van der Waals surface area contributed by atoms with Gasteiger partial charge in [0.2, 0.25) is 0 Å². The van der Waals surface area contributed by atoms with Gasteiger partial charge in [-0.1, -0.05) is 6.92 Å². The van der Waals surface area contributed by atoms with Crippen molar-refractivity contribution in [1.82, 2.24) is 20.1 Å². The number of terminal acetylenes is 1. The van der Waals surface area contributed by atoms with Gasteiger partial charge in [0.25, 0.3) is 0 Å². The van der Waals surface area contributed by atoms with Gasteiger partial charge in [0.15, 0.2) is 0 Å². The summed E-state index contributed by atoms with van der Waals surface area (Å²) in [6.07, 6.45) is 8.67. The van der Waals surface area contributed by atoms with Gasteiger partial charge in [0, 0.05) is 19.0 Å². The second-order valence-electron chi connectivity index (χ2n) is 3.39. The molecule has 0 amide bonds. The molecule has 4 heteroatoms. The summed E-state index contributed by atoms with van der Waals surface area (Å²) in [7, 11) is 0. The Bertz CT molecular complexity index is 324. The van der Waals surface area contributed by atoms with E-state index in [0.29, 0.717) is 6.04 Å². The lowest BCUT2D eigenvalue weighted by atomic mass is 10.1. The number of aromatic nitrogens is 3. The van der Waals surface area contributed by atoms with Crippen molar-refractivity contribution in [3.05, 3.63) is 12.2 Å². The van der Waals surface area contributed by atoms with Crippen LogP contribution in [0.2, 0.25) is 0 Å². The van der Waals surface area contributed by atoms with Crippen LogP contribution in [0, 0.1) is 12.3 Å². The normalized spacial score (nSPS) is 12.3. The van der Waals surface area contributed by atoms with Crippen LogP contribution in [-0.2, 0) is 13.1 Å². The van der Waals surface area contributed by atoms with Crippen LogP contribution >= 0.6 is 0 Å². The van der Waals surface area contributed by atoms with Crippen LogP contribution in [-0.4, -0.2) is 20.8 Å². The Kier molecular flexibility index (Phi) is 4.85. The molecular formula is C11H18N4. The third-order valence-corrected chi connectivity index (χ3v) is 2.40. The molecule has 1 atom stereocenters. The van der Waals surface area contributed by atoms with Gasteiger partial charge in [-0.3, -0.25) is 0 Å². The van der Waals surface area contributed by atoms with Gasteiger partial charge in [-0.05, 0) is 13.3 Å². The van der Waals surface area contributed by atoms with Crippen molar-refractivity contribution in [2.75, 3.05) is 0 Å². The highest BCUT2D eigenvalue weighted by atomic mass is 15.3. The van der Waals surface area contributed by atoms with E-state index >= 15 is 0 Å². The molecule has 1 aromatic rings. The molecule has 4 nitrogen and oxygen atoms in total. The highest BCUT2D eigenvalue weighted by Gasteiger charge is 2.06. The van der Waals surface area contributed by atoms with Crippen molar-refractivity contribution in [3.8, 4) is 12.3 Å². The Hall–Kier alpha value is -1.34. The van der Waals surface area contributed by atoms with Gasteiger partial charge in [-0.25, -0.2) is 9.67 Å². The molecule has 0 saturated carbocycles. The fourth-order valence-electron chi connectivity index (χ4n) is 1.43. The van der Waals surface area contributed by atoms with Crippen molar-refractivity contribution >= 4 is 0 Å². The highest BCUT2D eigenvalue weighted by Crippen LogP contribution is 1.99. The first-order valence-corrected chi connectivity index (χ1v) is 5.35. The average molecular weight is 206 g/mol. The van der Waals surface area contributed by atoms with Crippen molar-refractivity contribution in [2.24, 2.45) is 0 Å². The fourth-order valence-corrected chi connectivity index (χ4v) is 1.43. The largest absolute Gasteiger partial charge is 0.306 e. The maximum atomic E-state index is 5.29. The summed E-state index contributed by atoms with van der Waals surface area (Å²) in [4.78, 5) is 4.19. The zero-order valence-electron chi connectivity index (χ0n) is 9.40. The third kappa shape index (κ3) is 3.37. The summed E-state index contributed by atoms with van der Waals surface area (Å²) in [5.41, 5.74) is 0. The number of nitrogens with one attached hydrogen (secondary N) is 1. The van der Waals surface area contributed by atoms with Crippen LogP contribution < -0.4 is 5.32 Å². The highest BCUT2D eigenvalue weighted by molar-refractivity contribution is 4.91. The zero-order valence-corrected chi connectivity index (χ0v) is 9.40.